The van der Waals surface area contributed by atoms with Crippen LogP contribution in [0.2, 0.25) is 10.0 Å². The van der Waals surface area contributed by atoms with E-state index in [0.717, 1.165) is 22.9 Å². The van der Waals surface area contributed by atoms with Gasteiger partial charge in [-0.1, -0.05) is 120 Å². The van der Waals surface area contributed by atoms with Gasteiger partial charge in [-0.25, -0.2) is 0 Å². The lowest BCUT2D eigenvalue weighted by molar-refractivity contribution is 0.103. The minimum atomic E-state index is -0.173. The molecule has 35 heavy (non-hydrogen) atoms. The third kappa shape index (κ3) is 6.83. The second-order valence-electron chi connectivity index (χ2n) is 7.61. The van der Waals surface area contributed by atoms with Gasteiger partial charge in [0.05, 0.1) is 9.81 Å². The monoisotopic (exact) mass is 514 g/mol. The Balaban J connectivity index is 1.79. The molecule has 5 heteroatoms. The molecule has 0 heterocycles. The van der Waals surface area contributed by atoms with Crippen molar-refractivity contribution in [2.75, 3.05) is 0 Å². The summed E-state index contributed by atoms with van der Waals surface area (Å²) in [6.45, 7) is 0. The molecule has 0 fully saturated rings. The Labute approximate surface area is 218 Å². The molecule has 0 aliphatic rings. The number of carbonyl (C=O) groups is 2. The minimum Gasteiger partial charge on any atom is -0.288 e. The smallest absolute Gasteiger partial charge is 0.199 e. The first-order valence-electron chi connectivity index (χ1n) is 10.8. The molecule has 0 aliphatic carbocycles. The van der Waals surface area contributed by atoms with E-state index in [1.54, 1.807) is 60.7 Å². The first-order chi connectivity index (χ1) is 17.0. The van der Waals surface area contributed by atoms with Crippen LogP contribution >= 0.6 is 35.0 Å². The van der Waals surface area contributed by atoms with E-state index >= 15 is 0 Å². The Morgan fingerprint density at radius 2 is 0.857 bits per heavy atom. The maximum absolute atomic E-state index is 13.5. The van der Waals surface area contributed by atoms with Crippen LogP contribution in [0.5, 0.6) is 0 Å². The van der Waals surface area contributed by atoms with Crippen molar-refractivity contribution in [1.29, 1.82) is 0 Å². The summed E-state index contributed by atoms with van der Waals surface area (Å²) in [4.78, 5) is 27.9. The van der Waals surface area contributed by atoms with Gasteiger partial charge in [0.2, 0.25) is 0 Å². The van der Waals surface area contributed by atoms with Gasteiger partial charge in [0, 0.05) is 21.2 Å². The largest absolute Gasteiger partial charge is 0.288 e. The molecule has 2 nitrogen and oxygen atoms in total. The van der Waals surface area contributed by atoms with E-state index in [1.807, 2.05) is 60.7 Å². The second kappa shape index (κ2) is 11.9. The highest BCUT2D eigenvalue weighted by Crippen LogP contribution is 2.34. The third-order valence-corrected chi connectivity index (χ3v) is 6.63. The number of ketones is 2. The Kier molecular flexibility index (Phi) is 8.38. The van der Waals surface area contributed by atoms with Crippen LogP contribution in [0.1, 0.15) is 31.8 Å². The summed E-state index contributed by atoms with van der Waals surface area (Å²) in [6, 6.07) is 32.4. The van der Waals surface area contributed by atoms with Gasteiger partial charge in [0.15, 0.2) is 11.6 Å². The highest BCUT2D eigenvalue weighted by Gasteiger charge is 2.20. The molecule has 0 bridgehead atoms. The number of hydrogen-bond donors (Lipinski definition) is 0. The number of thioether (sulfide) groups is 1. The van der Waals surface area contributed by atoms with Gasteiger partial charge in [0.25, 0.3) is 0 Å². The van der Waals surface area contributed by atoms with Crippen LogP contribution in [0.3, 0.4) is 0 Å². The Hall–Kier alpha value is -3.37. The number of halogens is 2. The van der Waals surface area contributed by atoms with Crippen LogP contribution in [0.25, 0.3) is 12.2 Å². The maximum Gasteiger partial charge on any atom is 0.199 e. The van der Waals surface area contributed by atoms with E-state index in [4.69, 9.17) is 23.2 Å². The van der Waals surface area contributed by atoms with Crippen molar-refractivity contribution in [3.05, 3.63) is 151 Å². The van der Waals surface area contributed by atoms with Crippen LogP contribution in [0.15, 0.2) is 119 Å². The lowest BCUT2D eigenvalue weighted by Crippen LogP contribution is -2.05. The van der Waals surface area contributed by atoms with Crippen molar-refractivity contribution in [2.24, 2.45) is 0 Å². The quantitative estimate of drug-likeness (QED) is 0.174. The van der Waals surface area contributed by atoms with Gasteiger partial charge in [-0.3, -0.25) is 9.59 Å². The minimum absolute atomic E-state index is 0.173. The second-order valence-corrected chi connectivity index (χ2v) is 9.57. The maximum atomic E-state index is 13.5. The van der Waals surface area contributed by atoms with Crippen LogP contribution in [0, 0.1) is 0 Å². The molecule has 0 unspecified atom stereocenters. The Morgan fingerprint density at radius 3 is 1.20 bits per heavy atom. The van der Waals surface area contributed by atoms with Crippen LogP contribution in [-0.2, 0) is 0 Å². The number of hydrogen-bond acceptors (Lipinski definition) is 3. The summed E-state index contributed by atoms with van der Waals surface area (Å²) in [5.74, 6) is -0.346. The number of carbonyl (C=O) groups excluding carboxylic acids is 2. The average molecular weight is 515 g/mol. The summed E-state index contributed by atoms with van der Waals surface area (Å²) in [5, 5.41) is 1.21. The fourth-order valence-corrected chi connectivity index (χ4v) is 4.59. The molecule has 172 valence electrons. The predicted molar refractivity (Wildman–Crippen MR) is 148 cm³/mol. The molecule has 0 saturated heterocycles. The topological polar surface area (TPSA) is 34.1 Å². The number of benzene rings is 4. The zero-order valence-corrected chi connectivity index (χ0v) is 20.9. The summed E-state index contributed by atoms with van der Waals surface area (Å²) < 4.78 is 0. The van der Waals surface area contributed by atoms with Gasteiger partial charge >= 0.3 is 0 Å². The van der Waals surface area contributed by atoms with Crippen molar-refractivity contribution < 1.29 is 9.59 Å². The fourth-order valence-electron chi connectivity index (χ4n) is 3.29. The normalized spacial score (nSPS) is 11.8. The van der Waals surface area contributed by atoms with E-state index in [1.165, 1.54) is 0 Å². The summed E-state index contributed by atoms with van der Waals surface area (Å²) in [6.07, 6.45) is 3.56. The highest BCUT2D eigenvalue weighted by molar-refractivity contribution is 8.08. The zero-order chi connectivity index (χ0) is 24.6. The molecule has 0 N–H and O–H groups in total. The summed E-state index contributed by atoms with van der Waals surface area (Å²) in [7, 11) is 0. The van der Waals surface area contributed by atoms with E-state index in [-0.39, 0.29) is 11.6 Å². The lowest BCUT2D eigenvalue weighted by Gasteiger charge is -2.11. The number of Topliss-reactive ketones (excluding diaryl/α,β-unsaturated/α-hetero) is 2. The molecule has 4 aromatic carbocycles. The predicted octanol–water partition coefficient (Wildman–Crippen LogP) is 8.87. The average Bonchev–Trinajstić information content (AvgIpc) is 2.90. The van der Waals surface area contributed by atoms with E-state index in [2.05, 4.69) is 0 Å². The SMILES string of the molecule is O=C(/C(=C/c1ccc(Cl)cc1)S/C(=C/c1ccc(Cl)cc1)C(=O)c1ccccc1)c1ccccc1. The molecule has 0 amide bonds. The first kappa shape index (κ1) is 24.7. The molecular formula is C30H20Cl2O2S. The lowest BCUT2D eigenvalue weighted by atomic mass is 10.1. The number of allylic oxidation sites excluding steroid dienone is 2. The highest BCUT2D eigenvalue weighted by atomic mass is 35.5. The van der Waals surface area contributed by atoms with Crippen LogP contribution < -0.4 is 0 Å². The first-order valence-corrected chi connectivity index (χ1v) is 12.4. The standard InChI is InChI=1S/C30H20Cl2O2S/c31-25-15-11-21(12-16-25)19-27(29(33)23-7-3-1-4-8-23)35-28(20-22-13-17-26(32)18-14-22)30(34)24-9-5-2-6-10-24/h1-20H/b27-19-,28-20+. The van der Waals surface area contributed by atoms with Crippen LogP contribution in [0.4, 0.5) is 0 Å². The Morgan fingerprint density at radius 1 is 0.514 bits per heavy atom. The molecule has 0 saturated carbocycles. The van der Waals surface area contributed by atoms with Crippen molar-refractivity contribution in [1.82, 2.24) is 0 Å². The van der Waals surface area contributed by atoms with E-state index < -0.39 is 0 Å². The van der Waals surface area contributed by atoms with Crippen molar-refractivity contribution in [3.8, 4) is 0 Å². The van der Waals surface area contributed by atoms with Crippen molar-refractivity contribution >= 4 is 58.7 Å². The zero-order valence-electron chi connectivity index (χ0n) is 18.5. The molecule has 0 atom stereocenters. The van der Waals surface area contributed by atoms with Crippen LogP contribution in [-0.4, -0.2) is 11.6 Å². The van der Waals surface area contributed by atoms with Crippen molar-refractivity contribution in [2.45, 2.75) is 0 Å². The summed E-state index contributed by atoms with van der Waals surface area (Å²) in [5.41, 5.74) is 2.69. The molecular weight excluding hydrogens is 495 g/mol. The molecule has 4 aromatic rings. The fraction of sp³-hybridized carbons (Fsp3) is 0. The van der Waals surface area contributed by atoms with Gasteiger partial charge in [0.1, 0.15) is 0 Å². The van der Waals surface area contributed by atoms with Crippen molar-refractivity contribution in [3.63, 3.8) is 0 Å². The summed E-state index contributed by atoms with van der Waals surface area (Å²) >= 11 is 13.2. The molecule has 0 spiro atoms. The Bertz CT molecular complexity index is 1270. The van der Waals surface area contributed by atoms with Gasteiger partial charge < -0.3 is 0 Å². The molecule has 0 aromatic heterocycles. The van der Waals surface area contributed by atoms with Gasteiger partial charge in [-0.05, 0) is 47.5 Å². The van der Waals surface area contributed by atoms with E-state index in [0.29, 0.717) is 31.0 Å². The van der Waals surface area contributed by atoms with E-state index in [9.17, 15) is 9.59 Å². The molecule has 0 aliphatic heterocycles. The molecule has 0 radical (unpaired) electrons. The van der Waals surface area contributed by atoms with Gasteiger partial charge in [-0.15, -0.1) is 0 Å². The third-order valence-electron chi connectivity index (χ3n) is 5.07. The van der Waals surface area contributed by atoms with Gasteiger partial charge in [-0.2, -0.15) is 0 Å². The molecule has 4 rings (SSSR count). The number of rotatable bonds is 8.